The Bertz CT molecular complexity index is 614. The summed E-state index contributed by atoms with van der Waals surface area (Å²) in [5, 5.41) is 0. The van der Waals surface area contributed by atoms with Gasteiger partial charge in [-0.1, -0.05) is 60.3 Å². The average molecular weight is 252 g/mol. The third-order valence-electron chi connectivity index (χ3n) is 2.89. The molecule has 2 aromatic carbocycles. The van der Waals surface area contributed by atoms with Crippen LogP contribution < -0.4 is 0 Å². The van der Waals surface area contributed by atoms with Gasteiger partial charge >= 0.3 is 0 Å². The van der Waals surface area contributed by atoms with E-state index in [1.54, 1.807) is 11.8 Å². The van der Waals surface area contributed by atoms with Crippen molar-refractivity contribution in [1.29, 1.82) is 0 Å². The predicted octanol–water partition coefficient (Wildman–Crippen LogP) is 4.41. The molecule has 18 heavy (non-hydrogen) atoms. The van der Waals surface area contributed by atoms with Crippen LogP contribution in [0.15, 0.2) is 64.4 Å². The van der Waals surface area contributed by atoms with Crippen LogP contribution in [0.4, 0.5) is 0 Å². The zero-order valence-corrected chi connectivity index (χ0v) is 10.6. The van der Waals surface area contributed by atoms with Crippen LogP contribution in [0.25, 0.3) is 6.08 Å². The fourth-order valence-electron chi connectivity index (χ4n) is 2.03. The zero-order chi connectivity index (χ0) is 12.4. The molecule has 1 aliphatic heterocycles. The van der Waals surface area contributed by atoms with Crippen molar-refractivity contribution < 1.29 is 4.79 Å². The summed E-state index contributed by atoms with van der Waals surface area (Å²) in [7, 11) is 0. The Morgan fingerprint density at radius 3 is 2.50 bits per heavy atom. The number of Topliss-reactive ketones (excluding diaryl/α,β-unsaturated/α-hetero) is 1. The molecule has 2 heteroatoms. The molecule has 0 spiro atoms. The Balaban J connectivity index is 1.95. The number of benzene rings is 2. The Hall–Kier alpha value is -1.80. The first-order valence-corrected chi connectivity index (χ1v) is 6.70. The SMILES string of the molecule is O=C1CC(=Cc2ccccc2)Sc2ccccc21. The van der Waals surface area contributed by atoms with Gasteiger partial charge in [0.2, 0.25) is 0 Å². The van der Waals surface area contributed by atoms with E-state index in [4.69, 9.17) is 0 Å². The highest BCUT2D eigenvalue weighted by Crippen LogP contribution is 2.38. The minimum atomic E-state index is 0.214. The molecular weight excluding hydrogens is 240 g/mol. The van der Waals surface area contributed by atoms with E-state index in [2.05, 4.69) is 18.2 Å². The topological polar surface area (TPSA) is 17.1 Å². The summed E-state index contributed by atoms with van der Waals surface area (Å²) in [5.74, 6) is 0.214. The van der Waals surface area contributed by atoms with Gasteiger partial charge in [0.05, 0.1) is 0 Å². The maximum atomic E-state index is 12.0. The van der Waals surface area contributed by atoms with E-state index in [9.17, 15) is 4.79 Å². The molecule has 1 heterocycles. The smallest absolute Gasteiger partial charge is 0.168 e. The van der Waals surface area contributed by atoms with E-state index in [-0.39, 0.29) is 5.78 Å². The lowest BCUT2D eigenvalue weighted by molar-refractivity contribution is 0.0991. The van der Waals surface area contributed by atoms with Crippen LogP contribution >= 0.6 is 11.8 Å². The Morgan fingerprint density at radius 2 is 1.67 bits per heavy atom. The molecule has 0 N–H and O–H groups in total. The predicted molar refractivity (Wildman–Crippen MR) is 75.7 cm³/mol. The van der Waals surface area contributed by atoms with E-state index < -0.39 is 0 Å². The van der Waals surface area contributed by atoms with Crippen molar-refractivity contribution in [1.82, 2.24) is 0 Å². The van der Waals surface area contributed by atoms with Crippen molar-refractivity contribution >= 4 is 23.6 Å². The number of carbonyl (C=O) groups excluding carboxylic acids is 1. The third kappa shape index (κ3) is 2.24. The van der Waals surface area contributed by atoms with Crippen LogP contribution in [0.2, 0.25) is 0 Å². The third-order valence-corrected chi connectivity index (χ3v) is 3.99. The lowest BCUT2D eigenvalue weighted by Crippen LogP contribution is -2.06. The van der Waals surface area contributed by atoms with Crippen LogP contribution in [-0.2, 0) is 0 Å². The number of carbonyl (C=O) groups is 1. The molecule has 1 aliphatic rings. The van der Waals surface area contributed by atoms with Crippen LogP contribution in [0.1, 0.15) is 22.3 Å². The molecule has 0 atom stereocenters. The Labute approximate surface area is 111 Å². The number of hydrogen-bond acceptors (Lipinski definition) is 2. The number of fused-ring (bicyclic) bond motifs is 1. The number of hydrogen-bond donors (Lipinski definition) is 0. The van der Waals surface area contributed by atoms with Gasteiger partial charge < -0.3 is 0 Å². The van der Waals surface area contributed by atoms with Gasteiger partial charge in [0.15, 0.2) is 5.78 Å². The standard InChI is InChI=1S/C16H12OS/c17-15-11-13(10-12-6-2-1-3-7-12)18-16-9-5-4-8-14(15)16/h1-10H,11H2. The maximum absolute atomic E-state index is 12.0. The van der Waals surface area contributed by atoms with Gasteiger partial charge in [-0.05, 0) is 22.6 Å². The van der Waals surface area contributed by atoms with Crippen molar-refractivity contribution in [3.8, 4) is 0 Å². The van der Waals surface area contributed by atoms with Crippen molar-refractivity contribution in [3.63, 3.8) is 0 Å². The first-order chi connectivity index (χ1) is 8.83. The molecular formula is C16H12OS. The molecule has 0 saturated heterocycles. The first-order valence-electron chi connectivity index (χ1n) is 5.88. The molecule has 2 aromatic rings. The van der Waals surface area contributed by atoms with Gasteiger partial charge in [-0.2, -0.15) is 0 Å². The summed E-state index contributed by atoms with van der Waals surface area (Å²) in [4.78, 5) is 14.2. The second-order valence-corrected chi connectivity index (χ2v) is 5.39. The highest BCUT2D eigenvalue weighted by atomic mass is 32.2. The summed E-state index contributed by atoms with van der Waals surface area (Å²) in [6.07, 6.45) is 2.61. The fourth-order valence-corrected chi connectivity index (χ4v) is 3.15. The molecule has 88 valence electrons. The summed E-state index contributed by atoms with van der Waals surface area (Å²) in [6.45, 7) is 0. The monoisotopic (exact) mass is 252 g/mol. The van der Waals surface area contributed by atoms with E-state index in [1.165, 1.54) is 0 Å². The number of rotatable bonds is 1. The molecule has 0 aliphatic carbocycles. The van der Waals surface area contributed by atoms with E-state index in [0.717, 1.165) is 20.9 Å². The van der Waals surface area contributed by atoms with E-state index >= 15 is 0 Å². The minimum Gasteiger partial charge on any atom is -0.294 e. The zero-order valence-electron chi connectivity index (χ0n) is 9.80. The first kappa shape index (κ1) is 11.3. The van der Waals surface area contributed by atoms with Gasteiger partial charge in [0.1, 0.15) is 0 Å². The van der Waals surface area contributed by atoms with Crippen molar-refractivity contribution in [2.75, 3.05) is 0 Å². The number of thioether (sulfide) groups is 1. The van der Waals surface area contributed by atoms with Gasteiger partial charge in [0.25, 0.3) is 0 Å². The van der Waals surface area contributed by atoms with Crippen molar-refractivity contribution in [3.05, 3.63) is 70.6 Å². The van der Waals surface area contributed by atoms with Crippen molar-refractivity contribution in [2.24, 2.45) is 0 Å². The number of allylic oxidation sites excluding steroid dienone is 1. The highest BCUT2D eigenvalue weighted by molar-refractivity contribution is 8.03. The molecule has 1 nitrogen and oxygen atoms in total. The molecule has 0 aromatic heterocycles. The Morgan fingerprint density at radius 1 is 0.944 bits per heavy atom. The molecule has 0 saturated carbocycles. The molecule has 0 radical (unpaired) electrons. The van der Waals surface area contributed by atoms with Crippen LogP contribution in [0.3, 0.4) is 0 Å². The van der Waals surface area contributed by atoms with Crippen LogP contribution in [0, 0.1) is 0 Å². The summed E-state index contributed by atoms with van der Waals surface area (Å²) in [5.41, 5.74) is 2.00. The Kier molecular flexibility index (Phi) is 3.03. The highest BCUT2D eigenvalue weighted by Gasteiger charge is 2.20. The van der Waals surface area contributed by atoms with Crippen molar-refractivity contribution in [2.45, 2.75) is 11.3 Å². The quantitative estimate of drug-likeness (QED) is 0.748. The molecule has 0 unspecified atom stereocenters. The van der Waals surface area contributed by atoms with Crippen LogP contribution in [0.5, 0.6) is 0 Å². The van der Waals surface area contributed by atoms with Gasteiger partial charge in [0, 0.05) is 16.9 Å². The number of ketones is 1. The van der Waals surface area contributed by atoms with E-state index in [0.29, 0.717) is 6.42 Å². The van der Waals surface area contributed by atoms with Gasteiger partial charge in [-0.15, -0.1) is 0 Å². The average Bonchev–Trinajstić information content (AvgIpc) is 2.40. The van der Waals surface area contributed by atoms with Gasteiger partial charge in [-0.25, -0.2) is 0 Å². The second-order valence-electron chi connectivity index (χ2n) is 4.22. The summed E-state index contributed by atoms with van der Waals surface area (Å²) < 4.78 is 0. The van der Waals surface area contributed by atoms with Crippen LogP contribution in [-0.4, -0.2) is 5.78 Å². The fraction of sp³-hybridized carbons (Fsp3) is 0.0625. The maximum Gasteiger partial charge on any atom is 0.168 e. The summed E-state index contributed by atoms with van der Waals surface area (Å²) in [6, 6.07) is 17.9. The van der Waals surface area contributed by atoms with Gasteiger partial charge in [-0.3, -0.25) is 4.79 Å². The molecule has 0 bridgehead atoms. The normalized spacial score (nSPS) is 16.7. The molecule has 0 fully saturated rings. The minimum absolute atomic E-state index is 0.214. The lowest BCUT2D eigenvalue weighted by atomic mass is 10.1. The molecule has 3 rings (SSSR count). The summed E-state index contributed by atoms with van der Waals surface area (Å²) >= 11 is 1.70. The largest absolute Gasteiger partial charge is 0.294 e. The second kappa shape index (κ2) is 4.83. The molecule has 0 amide bonds. The van der Waals surface area contributed by atoms with E-state index in [1.807, 2.05) is 42.5 Å². The lowest BCUT2D eigenvalue weighted by Gasteiger charge is -2.16.